The molecule has 2 fully saturated rings. The van der Waals surface area contributed by atoms with E-state index in [-0.39, 0.29) is 17.7 Å². The molecule has 2 rings (SSSR count). The van der Waals surface area contributed by atoms with Crippen molar-refractivity contribution in [2.45, 2.75) is 44.7 Å². The minimum absolute atomic E-state index is 0.00548. The highest BCUT2D eigenvalue weighted by Crippen LogP contribution is 2.31. The van der Waals surface area contributed by atoms with Gasteiger partial charge in [0, 0.05) is 32.1 Å². The van der Waals surface area contributed by atoms with Crippen LogP contribution in [0.2, 0.25) is 0 Å². The Labute approximate surface area is 107 Å². The maximum atomic E-state index is 11.6. The number of carbonyl (C=O) groups excluding carboxylic acids is 2. The number of hydrogen-bond donors (Lipinski definition) is 0. The van der Waals surface area contributed by atoms with Crippen LogP contribution >= 0.6 is 11.6 Å². The molecule has 5 heteroatoms. The average Bonchev–Trinajstić information content (AvgIpc) is 3.13. The number of likely N-dealkylation sites (tertiary alicyclic amines) is 1. The van der Waals surface area contributed by atoms with E-state index in [1.807, 2.05) is 4.90 Å². The largest absolute Gasteiger partial charge is 0.342 e. The quantitative estimate of drug-likeness (QED) is 0.715. The van der Waals surface area contributed by atoms with Gasteiger partial charge in [0.25, 0.3) is 0 Å². The molecule has 1 saturated carbocycles. The molecule has 17 heavy (non-hydrogen) atoms. The van der Waals surface area contributed by atoms with Crippen molar-refractivity contribution in [2.24, 2.45) is 0 Å². The molecule has 0 bridgehead atoms. The summed E-state index contributed by atoms with van der Waals surface area (Å²) in [5.41, 5.74) is 0. The van der Waals surface area contributed by atoms with Crippen LogP contribution < -0.4 is 0 Å². The third-order valence-electron chi connectivity index (χ3n) is 3.63. The Morgan fingerprint density at radius 1 is 1.18 bits per heavy atom. The number of amides is 2. The monoisotopic (exact) mass is 258 g/mol. The van der Waals surface area contributed by atoms with Crippen molar-refractivity contribution in [3.63, 3.8) is 0 Å². The van der Waals surface area contributed by atoms with E-state index in [4.69, 9.17) is 11.6 Å². The number of alkyl halides is 1. The summed E-state index contributed by atoms with van der Waals surface area (Å²) in [4.78, 5) is 26.9. The molecule has 1 aliphatic carbocycles. The Balaban J connectivity index is 1.89. The predicted octanol–water partition coefficient (Wildman–Crippen LogP) is 1.23. The molecule has 0 aromatic rings. The number of hydrogen-bond acceptors (Lipinski definition) is 2. The molecule has 0 N–H and O–H groups in total. The molecule has 96 valence electrons. The Hall–Kier alpha value is -0.770. The molecule has 1 saturated heterocycles. The molecule has 0 atom stereocenters. The minimum Gasteiger partial charge on any atom is -0.342 e. The number of carbonyl (C=O) groups is 2. The van der Waals surface area contributed by atoms with E-state index in [9.17, 15) is 9.59 Å². The summed E-state index contributed by atoms with van der Waals surface area (Å²) >= 11 is 5.54. The first-order valence-corrected chi connectivity index (χ1v) is 6.79. The van der Waals surface area contributed by atoms with Gasteiger partial charge in [-0.05, 0) is 25.7 Å². The minimum atomic E-state index is 0.00548. The van der Waals surface area contributed by atoms with E-state index < -0.39 is 0 Å². The van der Waals surface area contributed by atoms with Gasteiger partial charge in [0.15, 0.2) is 0 Å². The third-order valence-corrected chi connectivity index (χ3v) is 3.86. The van der Waals surface area contributed by atoms with E-state index in [0.29, 0.717) is 12.1 Å². The van der Waals surface area contributed by atoms with Gasteiger partial charge in [-0.1, -0.05) is 0 Å². The van der Waals surface area contributed by atoms with Gasteiger partial charge >= 0.3 is 0 Å². The van der Waals surface area contributed by atoms with Crippen LogP contribution in [0.25, 0.3) is 0 Å². The second-order valence-corrected chi connectivity index (χ2v) is 5.17. The van der Waals surface area contributed by atoms with Crippen LogP contribution in [0.4, 0.5) is 0 Å². The van der Waals surface area contributed by atoms with Crippen molar-refractivity contribution in [3.05, 3.63) is 0 Å². The van der Waals surface area contributed by atoms with Crippen LogP contribution in [0, 0.1) is 0 Å². The summed E-state index contributed by atoms with van der Waals surface area (Å²) in [7, 11) is 0. The standard InChI is InChI=1S/C12H19ClN2O2/c1-9(16)15(10-2-3-10)11-4-6-14(7-5-11)12(17)8-13/h10-11H,2-8H2,1H3. The highest BCUT2D eigenvalue weighted by Gasteiger charge is 2.37. The third kappa shape index (κ3) is 2.92. The fraction of sp³-hybridized carbons (Fsp3) is 0.833. The number of piperidine rings is 1. The normalized spacial score (nSPS) is 21.4. The van der Waals surface area contributed by atoms with Gasteiger partial charge < -0.3 is 9.80 Å². The number of rotatable bonds is 3. The molecule has 2 aliphatic rings. The maximum Gasteiger partial charge on any atom is 0.237 e. The van der Waals surface area contributed by atoms with Crippen molar-refractivity contribution < 1.29 is 9.59 Å². The molecule has 0 spiro atoms. The lowest BCUT2D eigenvalue weighted by Gasteiger charge is -2.38. The van der Waals surface area contributed by atoms with Crippen LogP contribution in [0.3, 0.4) is 0 Å². The van der Waals surface area contributed by atoms with Gasteiger partial charge in [0.1, 0.15) is 5.88 Å². The fourth-order valence-corrected chi connectivity index (χ4v) is 2.81. The molecular weight excluding hydrogens is 240 g/mol. The summed E-state index contributed by atoms with van der Waals surface area (Å²) < 4.78 is 0. The summed E-state index contributed by atoms with van der Waals surface area (Å²) in [6.07, 6.45) is 4.05. The molecule has 0 radical (unpaired) electrons. The predicted molar refractivity (Wildman–Crippen MR) is 65.9 cm³/mol. The Bertz CT molecular complexity index is 310. The average molecular weight is 259 g/mol. The zero-order valence-electron chi connectivity index (χ0n) is 10.2. The van der Waals surface area contributed by atoms with Crippen LogP contribution in [0.5, 0.6) is 0 Å². The zero-order valence-corrected chi connectivity index (χ0v) is 10.9. The van der Waals surface area contributed by atoms with Gasteiger partial charge in [-0.25, -0.2) is 0 Å². The van der Waals surface area contributed by atoms with Gasteiger partial charge in [-0.15, -0.1) is 11.6 Å². The second kappa shape index (κ2) is 5.25. The molecule has 2 amide bonds. The number of halogens is 1. The van der Waals surface area contributed by atoms with Crippen molar-refractivity contribution in [1.29, 1.82) is 0 Å². The van der Waals surface area contributed by atoms with E-state index >= 15 is 0 Å². The SMILES string of the molecule is CC(=O)N(C1CC1)C1CCN(C(=O)CCl)CC1. The van der Waals surface area contributed by atoms with Gasteiger partial charge in [-0.3, -0.25) is 9.59 Å². The van der Waals surface area contributed by atoms with Crippen LogP contribution in [-0.4, -0.2) is 52.7 Å². The van der Waals surface area contributed by atoms with E-state index in [1.54, 1.807) is 11.8 Å². The van der Waals surface area contributed by atoms with Gasteiger partial charge in [0.05, 0.1) is 0 Å². The van der Waals surface area contributed by atoms with Crippen LogP contribution in [-0.2, 0) is 9.59 Å². The van der Waals surface area contributed by atoms with Crippen LogP contribution in [0.1, 0.15) is 32.6 Å². The van der Waals surface area contributed by atoms with Crippen molar-refractivity contribution in [3.8, 4) is 0 Å². The van der Waals surface area contributed by atoms with Crippen molar-refractivity contribution in [1.82, 2.24) is 9.80 Å². The smallest absolute Gasteiger partial charge is 0.237 e. The summed E-state index contributed by atoms with van der Waals surface area (Å²) in [6, 6.07) is 0.784. The van der Waals surface area contributed by atoms with E-state index in [1.165, 1.54) is 0 Å². The summed E-state index contributed by atoms with van der Waals surface area (Å²) in [6.45, 7) is 3.11. The van der Waals surface area contributed by atoms with E-state index in [2.05, 4.69) is 0 Å². The lowest BCUT2D eigenvalue weighted by molar-refractivity contribution is -0.134. The topological polar surface area (TPSA) is 40.6 Å². The molecule has 1 heterocycles. The second-order valence-electron chi connectivity index (χ2n) is 4.90. The lowest BCUT2D eigenvalue weighted by Crippen LogP contribution is -2.49. The van der Waals surface area contributed by atoms with Gasteiger partial charge in [-0.2, -0.15) is 0 Å². The van der Waals surface area contributed by atoms with Crippen molar-refractivity contribution in [2.75, 3.05) is 19.0 Å². The molecular formula is C12H19ClN2O2. The zero-order chi connectivity index (χ0) is 12.4. The molecule has 4 nitrogen and oxygen atoms in total. The highest BCUT2D eigenvalue weighted by atomic mass is 35.5. The summed E-state index contributed by atoms with van der Waals surface area (Å²) in [5, 5.41) is 0. The fourth-order valence-electron chi connectivity index (χ4n) is 2.64. The Morgan fingerprint density at radius 2 is 1.71 bits per heavy atom. The lowest BCUT2D eigenvalue weighted by atomic mass is 10.0. The Kier molecular flexibility index (Phi) is 3.92. The molecule has 1 aliphatic heterocycles. The van der Waals surface area contributed by atoms with Crippen molar-refractivity contribution >= 4 is 23.4 Å². The first kappa shape index (κ1) is 12.7. The maximum absolute atomic E-state index is 11.6. The van der Waals surface area contributed by atoms with Gasteiger partial charge in [0.2, 0.25) is 11.8 Å². The summed E-state index contributed by atoms with van der Waals surface area (Å²) in [5.74, 6) is 0.240. The van der Waals surface area contributed by atoms with E-state index in [0.717, 1.165) is 38.8 Å². The molecule has 0 aromatic heterocycles. The first-order chi connectivity index (χ1) is 8.13. The Morgan fingerprint density at radius 3 is 2.12 bits per heavy atom. The first-order valence-electron chi connectivity index (χ1n) is 6.26. The molecule has 0 aromatic carbocycles. The molecule has 0 unspecified atom stereocenters. The number of nitrogens with zero attached hydrogens (tertiary/aromatic N) is 2. The highest BCUT2D eigenvalue weighted by molar-refractivity contribution is 6.27. The van der Waals surface area contributed by atoms with Crippen LogP contribution in [0.15, 0.2) is 0 Å².